The molecule has 1 aliphatic heterocycles. The van der Waals surface area contributed by atoms with Crippen LogP contribution in [-0.2, 0) is 11.3 Å². The Morgan fingerprint density at radius 3 is 2.67 bits per heavy atom. The minimum absolute atomic E-state index is 0.106. The minimum Gasteiger partial charge on any atom is -0.453 e. The number of nitrogens with one attached hydrogen (secondary N) is 1. The molecule has 4 rings (SSSR count). The van der Waals surface area contributed by atoms with E-state index in [1.807, 2.05) is 24.3 Å². The first-order valence-electron chi connectivity index (χ1n) is 10.9. The van der Waals surface area contributed by atoms with Crippen LogP contribution >= 0.6 is 11.6 Å². The fourth-order valence-electron chi connectivity index (χ4n) is 3.74. The lowest BCUT2D eigenvalue weighted by molar-refractivity contribution is -0.117. The number of rotatable bonds is 7. The van der Waals surface area contributed by atoms with Gasteiger partial charge >= 0.3 is 0 Å². The Kier molecular flexibility index (Phi) is 7.70. The fraction of sp³-hybridized carbons (Fsp3) is 0.231. The van der Waals surface area contributed by atoms with E-state index in [0.29, 0.717) is 11.3 Å². The zero-order chi connectivity index (χ0) is 23.0. The zero-order valence-corrected chi connectivity index (χ0v) is 18.8. The van der Waals surface area contributed by atoms with Crippen LogP contribution in [0.15, 0.2) is 73.1 Å². The first kappa shape index (κ1) is 23.0. The Morgan fingerprint density at radius 1 is 1.18 bits per heavy atom. The number of amides is 1. The van der Waals surface area contributed by atoms with Crippen LogP contribution in [0.2, 0.25) is 5.02 Å². The number of nitrogens with zero attached hydrogens (tertiary/aromatic N) is 2. The highest BCUT2D eigenvalue weighted by molar-refractivity contribution is 6.30. The average molecular weight is 466 g/mol. The second-order valence-electron chi connectivity index (χ2n) is 8.00. The molecule has 7 heteroatoms. The molecular weight excluding hydrogens is 441 g/mol. The Balaban J connectivity index is 1.24. The van der Waals surface area contributed by atoms with E-state index in [2.05, 4.69) is 15.2 Å². The van der Waals surface area contributed by atoms with Gasteiger partial charge in [-0.15, -0.1) is 0 Å². The maximum atomic E-state index is 14.4. The zero-order valence-electron chi connectivity index (χ0n) is 18.1. The summed E-state index contributed by atoms with van der Waals surface area (Å²) in [6.07, 6.45) is 7.95. The van der Waals surface area contributed by atoms with Crippen LogP contribution in [-0.4, -0.2) is 34.9 Å². The van der Waals surface area contributed by atoms with Gasteiger partial charge in [-0.05, 0) is 66.4 Å². The molecule has 5 nitrogen and oxygen atoms in total. The molecule has 0 unspecified atom stereocenters. The number of halogens is 2. The van der Waals surface area contributed by atoms with Crippen LogP contribution in [0.3, 0.4) is 0 Å². The molecule has 1 aliphatic rings. The number of hydrogen-bond donors (Lipinski definition) is 1. The number of benzene rings is 2. The first-order chi connectivity index (χ1) is 16.0. The van der Waals surface area contributed by atoms with Crippen LogP contribution in [0, 0.1) is 5.82 Å². The molecule has 170 valence electrons. The van der Waals surface area contributed by atoms with Crippen molar-refractivity contribution in [3.63, 3.8) is 0 Å². The smallest absolute Gasteiger partial charge is 0.244 e. The van der Waals surface area contributed by atoms with Crippen LogP contribution < -0.4 is 10.1 Å². The van der Waals surface area contributed by atoms with Crippen molar-refractivity contribution in [3.05, 3.63) is 95.0 Å². The van der Waals surface area contributed by atoms with Gasteiger partial charge in [-0.25, -0.2) is 4.39 Å². The van der Waals surface area contributed by atoms with Crippen molar-refractivity contribution >= 4 is 23.6 Å². The van der Waals surface area contributed by atoms with Crippen molar-refractivity contribution in [2.45, 2.75) is 25.4 Å². The maximum Gasteiger partial charge on any atom is 0.244 e. The summed E-state index contributed by atoms with van der Waals surface area (Å²) in [5.74, 6) is -0.120. The minimum atomic E-state index is -0.505. The summed E-state index contributed by atoms with van der Waals surface area (Å²) in [6, 6.07) is 16.0. The van der Waals surface area contributed by atoms with Gasteiger partial charge in [-0.1, -0.05) is 29.8 Å². The third-order valence-electron chi connectivity index (χ3n) is 5.50. The Hall–Kier alpha value is -3.22. The number of hydrogen-bond acceptors (Lipinski definition) is 4. The Labute approximate surface area is 197 Å². The number of carbonyl (C=O) groups excluding carboxylic acids is 1. The van der Waals surface area contributed by atoms with Crippen molar-refractivity contribution in [2.24, 2.45) is 0 Å². The van der Waals surface area contributed by atoms with Crippen molar-refractivity contribution < 1.29 is 13.9 Å². The summed E-state index contributed by atoms with van der Waals surface area (Å²) in [7, 11) is 0. The van der Waals surface area contributed by atoms with Crippen molar-refractivity contribution in [2.75, 3.05) is 13.1 Å². The molecule has 2 heterocycles. The van der Waals surface area contributed by atoms with Crippen molar-refractivity contribution in [1.29, 1.82) is 0 Å². The average Bonchev–Trinajstić information content (AvgIpc) is 2.83. The summed E-state index contributed by atoms with van der Waals surface area (Å²) in [6.45, 7) is 2.71. The van der Waals surface area contributed by atoms with Gasteiger partial charge in [0.1, 0.15) is 5.75 Å². The van der Waals surface area contributed by atoms with Crippen LogP contribution in [0.1, 0.15) is 24.0 Å². The summed E-state index contributed by atoms with van der Waals surface area (Å²) < 4.78 is 19.8. The second-order valence-corrected chi connectivity index (χ2v) is 8.44. The molecule has 0 saturated carbocycles. The van der Waals surface area contributed by atoms with E-state index in [-0.39, 0.29) is 17.7 Å². The molecule has 1 N–H and O–H groups in total. The van der Waals surface area contributed by atoms with Gasteiger partial charge in [0.05, 0.1) is 6.20 Å². The standard InChI is InChI=1S/C26H25ClFN3O2/c27-21-7-3-20(4-8-21)18-31-14-11-22(12-15-31)30-26(32)10-6-19-5-9-25(24(28)16-19)33-23-2-1-13-29-17-23/h1-10,13,16-17,22H,11-12,14-15,18H2,(H,30,32)/b10-6+. The molecule has 2 aromatic carbocycles. The van der Waals surface area contributed by atoms with E-state index in [1.54, 1.807) is 30.5 Å². The summed E-state index contributed by atoms with van der Waals surface area (Å²) in [5, 5.41) is 3.79. The van der Waals surface area contributed by atoms with Gasteiger partial charge < -0.3 is 10.1 Å². The van der Waals surface area contributed by atoms with E-state index in [1.165, 1.54) is 30.0 Å². The number of carbonyl (C=O) groups is 1. The van der Waals surface area contributed by atoms with Gasteiger partial charge in [0, 0.05) is 43.0 Å². The van der Waals surface area contributed by atoms with Gasteiger partial charge in [0.15, 0.2) is 11.6 Å². The predicted octanol–water partition coefficient (Wildman–Crippen LogP) is 5.46. The van der Waals surface area contributed by atoms with E-state index in [9.17, 15) is 9.18 Å². The number of pyridine rings is 1. The lowest BCUT2D eigenvalue weighted by Crippen LogP contribution is -2.43. The molecule has 1 fully saturated rings. The van der Waals surface area contributed by atoms with Gasteiger partial charge in [-0.3, -0.25) is 14.7 Å². The van der Waals surface area contributed by atoms with Gasteiger partial charge in [0.25, 0.3) is 0 Å². The topological polar surface area (TPSA) is 54.5 Å². The monoisotopic (exact) mass is 465 g/mol. The molecule has 0 radical (unpaired) electrons. The highest BCUT2D eigenvalue weighted by atomic mass is 35.5. The summed E-state index contributed by atoms with van der Waals surface area (Å²) in [4.78, 5) is 18.6. The number of piperidine rings is 1. The van der Waals surface area contributed by atoms with Crippen molar-refractivity contribution in [3.8, 4) is 11.5 Å². The molecule has 1 saturated heterocycles. The van der Waals surface area contributed by atoms with E-state index in [4.69, 9.17) is 16.3 Å². The molecule has 1 amide bonds. The maximum absolute atomic E-state index is 14.4. The van der Waals surface area contributed by atoms with Crippen LogP contribution in [0.5, 0.6) is 11.5 Å². The summed E-state index contributed by atoms with van der Waals surface area (Å²) >= 11 is 5.95. The predicted molar refractivity (Wildman–Crippen MR) is 128 cm³/mol. The second kappa shape index (κ2) is 11.1. The molecule has 0 atom stereocenters. The first-order valence-corrected chi connectivity index (χ1v) is 11.3. The molecule has 0 aliphatic carbocycles. The summed E-state index contributed by atoms with van der Waals surface area (Å²) in [5.41, 5.74) is 1.81. The molecule has 1 aromatic heterocycles. The third-order valence-corrected chi connectivity index (χ3v) is 5.75. The van der Waals surface area contributed by atoms with E-state index < -0.39 is 5.82 Å². The molecule has 3 aromatic rings. The highest BCUT2D eigenvalue weighted by Gasteiger charge is 2.20. The Bertz CT molecular complexity index is 1100. The van der Waals surface area contributed by atoms with Gasteiger partial charge in [0.2, 0.25) is 5.91 Å². The molecule has 0 bridgehead atoms. The fourth-order valence-corrected chi connectivity index (χ4v) is 3.87. The molecule has 0 spiro atoms. The van der Waals surface area contributed by atoms with Crippen molar-refractivity contribution in [1.82, 2.24) is 15.2 Å². The normalized spacial score (nSPS) is 15.0. The number of aromatic nitrogens is 1. The molecule has 33 heavy (non-hydrogen) atoms. The van der Waals surface area contributed by atoms with Gasteiger partial charge in [-0.2, -0.15) is 0 Å². The number of likely N-dealkylation sites (tertiary alicyclic amines) is 1. The molecular formula is C26H25ClFN3O2. The van der Waals surface area contributed by atoms with Crippen LogP contribution in [0.25, 0.3) is 6.08 Å². The van der Waals surface area contributed by atoms with E-state index in [0.717, 1.165) is 37.5 Å². The quantitative estimate of drug-likeness (QED) is 0.471. The SMILES string of the molecule is O=C(/C=C/c1ccc(Oc2cccnc2)c(F)c1)NC1CCN(Cc2ccc(Cl)cc2)CC1. The Morgan fingerprint density at radius 2 is 1.97 bits per heavy atom. The van der Waals surface area contributed by atoms with Crippen LogP contribution in [0.4, 0.5) is 4.39 Å². The lowest BCUT2D eigenvalue weighted by atomic mass is 10.0. The largest absolute Gasteiger partial charge is 0.453 e. The highest BCUT2D eigenvalue weighted by Crippen LogP contribution is 2.25. The van der Waals surface area contributed by atoms with E-state index >= 15 is 0 Å². The lowest BCUT2D eigenvalue weighted by Gasteiger charge is -2.32. The third kappa shape index (κ3) is 6.88. The number of ether oxygens (including phenoxy) is 1.